The van der Waals surface area contributed by atoms with Crippen molar-refractivity contribution >= 4 is 41.2 Å². The predicted octanol–water partition coefficient (Wildman–Crippen LogP) is 3.04. The van der Waals surface area contributed by atoms with Gasteiger partial charge in [-0.05, 0) is 62.8 Å². The Morgan fingerprint density at radius 1 is 0.902 bits per heavy atom. The monoisotopic (exact) mass is 841 g/mol. The van der Waals surface area contributed by atoms with Crippen LogP contribution in [0.5, 0.6) is 0 Å². The second-order valence-electron chi connectivity index (χ2n) is 18.2. The van der Waals surface area contributed by atoms with Gasteiger partial charge in [0.25, 0.3) is 11.8 Å². The summed E-state index contributed by atoms with van der Waals surface area (Å²) < 4.78 is 0. The number of likely N-dealkylation sites (tertiary alicyclic amines) is 1. The van der Waals surface area contributed by atoms with Crippen molar-refractivity contribution in [3.8, 4) is 0 Å². The Kier molecular flexibility index (Phi) is 14.3. The molecule has 6 amide bonds. The number of benzene rings is 1. The number of amides is 6. The lowest BCUT2D eigenvalue weighted by Crippen LogP contribution is -2.62. The van der Waals surface area contributed by atoms with Crippen molar-refractivity contribution in [1.29, 1.82) is 0 Å². The van der Waals surface area contributed by atoms with E-state index in [1.165, 1.54) is 23.5 Å². The Balaban J connectivity index is 1.30. The van der Waals surface area contributed by atoms with E-state index >= 15 is 4.79 Å². The highest BCUT2D eigenvalue weighted by atomic mass is 16.2. The van der Waals surface area contributed by atoms with E-state index in [2.05, 4.69) is 36.1 Å². The average molecular weight is 842 g/mol. The number of Topliss-reactive ketones (excluding diaryl/α,β-unsaturated/α-hetero) is 1. The molecule has 6 rings (SSSR count). The minimum absolute atomic E-state index is 0.000611. The maximum Gasteiger partial charge on any atom is 0.290 e. The number of rotatable bonds is 15. The molecule has 4 aliphatic rings. The molecular formula is C45H63N9O7. The molecule has 16 nitrogen and oxygen atoms in total. The summed E-state index contributed by atoms with van der Waals surface area (Å²) in [5, 5.41) is 11.5. The van der Waals surface area contributed by atoms with Crippen molar-refractivity contribution in [1.82, 2.24) is 45.9 Å². The Bertz CT molecular complexity index is 1940. The van der Waals surface area contributed by atoms with Crippen LogP contribution in [0.3, 0.4) is 0 Å². The summed E-state index contributed by atoms with van der Waals surface area (Å²) in [4.78, 5) is 112. The van der Waals surface area contributed by atoms with Gasteiger partial charge in [-0.2, -0.15) is 0 Å². The average Bonchev–Trinajstić information content (AvgIpc) is 3.96. The molecule has 4 heterocycles. The maximum absolute atomic E-state index is 15.3. The zero-order valence-corrected chi connectivity index (χ0v) is 36.4. The van der Waals surface area contributed by atoms with Crippen molar-refractivity contribution < 1.29 is 33.6 Å². The number of hydrogen-bond acceptors (Lipinski definition) is 10. The first kappa shape index (κ1) is 45.3. The number of carbonyl (C=O) groups excluding carboxylic acids is 7. The van der Waals surface area contributed by atoms with Crippen LogP contribution in [0.15, 0.2) is 48.9 Å². The number of aromatic nitrogens is 2. The largest absolute Gasteiger partial charge is 0.344 e. The van der Waals surface area contributed by atoms with Gasteiger partial charge in [0.15, 0.2) is 0 Å². The number of likely N-dealkylation sites (N-methyl/N-ethyl adjacent to an activating group) is 1. The molecule has 2 aromatic rings. The zero-order valence-electron chi connectivity index (χ0n) is 36.4. The molecule has 4 N–H and O–H groups in total. The summed E-state index contributed by atoms with van der Waals surface area (Å²) in [5.41, 5.74) is -1.00. The fourth-order valence-corrected chi connectivity index (χ4v) is 9.87. The van der Waals surface area contributed by atoms with E-state index in [0.29, 0.717) is 38.8 Å². The second kappa shape index (κ2) is 19.2. The second-order valence-corrected chi connectivity index (χ2v) is 18.2. The van der Waals surface area contributed by atoms with Crippen molar-refractivity contribution in [3.63, 3.8) is 0 Å². The van der Waals surface area contributed by atoms with Crippen molar-refractivity contribution in [2.24, 2.45) is 11.3 Å². The van der Waals surface area contributed by atoms with Gasteiger partial charge < -0.3 is 31.1 Å². The molecule has 330 valence electrons. The van der Waals surface area contributed by atoms with Gasteiger partial charge in [0.1, 0.15) is 29.5 Å². The minimum atomic E-state index is -1.17. The highest BCUT2D eigenvalue weighted by Crippen LogP contribution is 2.46. The molecule has 4 fully saturated rings. The van der Waals surface area contributed by atoms with Crippen molar-refractivity contribution in [3.05, 3.63) is 60.2 Å². The molecule has 1 spiro atoms. The van der Waals surface area contributed by atoms with Crippen LogP contribution in [0.1, 0.15) is 128 Å². The third-order valence-electron chi connectivity index (χ3n) is 13.0. The maximum atomic E-state index is 15.3. The Morgan fingerprint density at radius 2 is 1.62 bits per heavy atom. The van der Waals surface area contributed by atoms with Crippen LogP contribution in [-0.2, 0) is 28.8 Å². The van der Waals surface area contributed by atoms with Crippen molar-refractivity contribution in [2.45, 2.75) is 148 Å². The SMILES string of the molecule is CCCC(NC(=O)[C@@H]1CC2(CN1C(=O)[C@@H](NC(=O)[C@@H](NC(=O)c1cnccn1)C1CCCCC1)C(C)(C)C)N(CC)C(=O)[C@H]1CCCN12)C(=O)C(=O)N[C@@H](C)c1ccccc1. The number of nitrogens with zero attached hydrogens (tertiary/aromatic N) is 5. The minimum Gasteiger partial charge on any atom is -0.344 e. The van der Waals surface area contributed by atoms with Crippen LogP contribution in [0.25, 0.3) is 0 Å². The van der Waals surface area contributed by atoms with Crippen LogP contribution >= 0.6 is 0 Å². The van der Waals surface area contributed by atoms with Crippen LogP contribution in [0.2, 0.25) is 0 Å². The summed E-state index contributed by atoms with van der Waals surface area (Å²) in [6, 6.07) is 3.93. The van der Waals surface area contributed by atoms with Gasteiger partial charge in [0, 0.05) is 31.9 Å². The van der Waals surface area contributed by atoms with E-state index in [4.69, 9.17) is 0 Å². The van der Waals surface area contributed by atoms with Gasteiger partial charge in [-0.3, -0.25) is 43.4 Å². The van der Waals surface area contributed by atoms with Gasteiger partial charge in [-0.15, -0.1) is 0 Å². The lowest BCUT2D eigenvalue weighted by molar-refractivity contribution is -0.145. The summed E-state index contributed by atoms with van der Waals surface area (Å²) >= 11 is 0. The third-order valence-corrected chi connectivity index (χ3v) is 13.0. The lowest BCUT2D eigenvalue weighted by Gasteiger charge is -2.40. The Morgan fingerprint density at radius 3 is 2.26 bits per heavy atom. The van der Waals surface area contributed by atoms with E-state index in [9.17, 15) is 28.8 Å². The smallest absolute Gasteiger partial charge is 0.290 e. The standard InChI is InChI=1S/C45H63N9O7/c1-7-16-31(36(55)41(59)48-28(3)29-17-11-9-12-18-29)49-39(57)34-25-45(53(8-2)42(60)33-21-15-24-54(33)45)27-52(34)43(61)37(44(4,5)6)51-40(58)35(30-19-13-10-14-20-30)50-38(56)32-26-46-22-23-47-32/h9,11-12,17-18,22-23,26,28,30-31,33-35,37H,7-8,10,13-16,19-21,24-25,27H2,1-6H3,(H,48,59)(H,49,57)(H,50,56)(H,51,58)/t28-,31?,33+,34-,35-,37+,45?/m0/s1. The molecule has 7 atom stereocenters. The highest BCUT2D eigenvalue weighted by Gasteiger charge is 2.64. The van der Waals surface area contributed by atoms with E-state index in [-0.39, 0.29) is 42.9 Å². The fourth-order valence-electron chi connectivity index (χ4n) is 9.87. The van der Waals surface area contributed by atoms with E-state index < -0.39 is 76.6 Å². The summed E-state index contributed by atoms with van der Waals surface area (Å²) in [6.45, 7) is 11.9. The zero-order chi connectivity index (χ0) is 44.1. The van der Waals surface area contributed by atoms with E-state index in [0.717, 1.165) is 31.2 Å². The van der Waals surface area contributed by atoms with Gasteiger partial charge in [0.05, 0.1) is 30.9 Å². The first-order valence-electron chi connectivity index (χ1n) is 22.1. The van der Waals surface area contributed by atoms with Crippen LogP contribution in [0, 0.1) is 11.3 Å². The van der Waals surface area contributed by atoms with Gasteiger partial charge in [-0.25, -0.2) is 4.98 Å². The third kappa shape index (κ3) is 9.63. The molecule has 16 heteroatoms. The molecule has 0 radical (unpaired) electrons. The van der Waals surface area contributed by atoms with Gasteiger partial charge in [0.2, 0.25) is 29.4 Å². The number of ketones is 1. The molecule has 1 aromatic heterocycles. The molecule has 1 saturated carbocycles. The lowest BCUT2D eigenvalue weighted by atomic mass is 9.82. The topological polar surface area (TPSA) is 203 Å². The molecule has 1 aliphatic carbocycles. The quantitative estimate of drug-likeness (QED) is 0.193. The predicted molar refractivity (Wildman–Crippen MR) is 226 cm³/mol. The molecule has 3 saturated heterocycles. The fraction of sp³-hybridized carbons (Fsp3) is 0.622. The molecule has 1 aromatic carbocycles. The molecular weight excluding hydrogens is 779 g/mol. The Hall–Kier alpha value is -5.25. The van der Waals surface area contributed by atoms with Crippen LogP contribution in [0.4, 0.5) is 0 Å². The summed E-state index contributed by atoms with van der Waals surface area (Å²) in [6.07, 6.45) is 10.6. The first-order valence-corrected chi connectivity index (χ1v) is 22.1. The molecule has 2 unspecified atom stereocenters. The first-order chi connectivity index (χ1) is 29.1. The summed E-state index contributed by atoms with van der Waals surface area (Å²) in [7, 11) is 0. The summed E-state index contributed by atoms with van der Waals surface area (Å²) in [5.74, 6) is -4.10. The van der Waals surface area contributed by atoms with Gasteiger partial charge >= 0.3 is 0 Å². The van der Waals surface area contributed by atoms with Crippen LogP contribution in [-0.4, -0.2) is 121 Å². The highest BCUT2D eigenvalue weighted by molar-refractivity contribution is 6.38. The number of nitrogens with one attached hydrogen (secondary N) is 4. The molecule has 61 heavy (non-hydrogen) atoms. The van der Waals surface area contributed by atoms with Gasteiger partial charge in [-0.1, -0.05) is 83.7 Å². The number of fused-ring (bicyclic) bond motifs is 2. The van der Waals surface area contributed by atoms with Crippen LogP contribution < -0.4 is 21.3 Å². The van der Waals surface area contributed by atoms with Crippen molar-refractivity contribution in [2.75, 3.05) is 19.6 Å². The number of hydrogen-bond donors (Lipinski definition) is 4. The normalized spacial score (nSPS) is 23.8. The number of carbonyl (C=O) groups is 7. The molecule has 0 bridgehead atoms. The molecule has 3 aliphatic heterocycles. The van der Waals surface area contributed by atoms with E-state index in [1.54, 1.807) is 11.8 Å². The van der Waals surface area contributed by atoms with E-state index in [1.807, 2.05) is 65.0 Å². The Labute approximate surface area is 358 Å².